The summed E-state index contributed by atoms with van der Waals surface area (Å²) >= 11 is 6.27. The van der Waals surface area contributed by atoms with E-state index in [0.29, 0.717) is 11.8 Å². The summed E-state index contributed by atoms with van der Waals surface area (Å²) in [5.74, 6) is 0.778. The number of amides is 1. The molecule has 20 heavy (non-hydrogen) atoms. The Morgan fingerprint density at radius 1 is 1.30 bits per heavy atom. The van der Waals surface area contributed by atoms with Gasteiger partial charge in [-0.1, -0.05) is 31.2 Å². The summed E-state index contributed by atoms with van der Waals surface area (Å²) in [6.45, 7) is 3.77. The number of carbonyl (C=O) groups excluding carboxylic acids is 1. The van der Waals surface area contributed by atoms with E-state index in [-0.39, 0.29) is 11.3 Å². The van der Waals surface area contributed by atoms with E-state index >= 15 is 0 Å². The Morgan fingerprint density at radius 3 is 2.90 bits per heavy atom. The average Bonchev–Trinajstić information content (AvgIpc) is 2.49. The molecule has 3 rings (SSSR count). The van der Waals surface area contributed by atoms with Gasteiger partial charge in [-0.25, -0.2) is 0 Å². The lowest BCUT2D eigenvalue weighted by Crippen LogP contribution is -2.45. The molecule has 1 fully saturated rings. The molecule has 2 nitrogen and oxygen atoms in total. The van der Waals surface area contributed by atoms with E-state index < -0.39 is 0 Å². The van der Waals surface area contributed by atoms with Gasteiger partial charge >= 0.3 is 0 Å². The maximum atomic E-state index is 12.9. The third-order valence-electron chi connectivity index (χ3n) is 4.78. The Labute approximate surface area is 126 Å². The molecule has 0 radical (unpaired) electrons. The Hall–Kier alpha value is -1.02. The van der Waals surface area contributed by atoms with Crippen molar-refractivity contribution in [2.24, 2.45) is 5.92 Å². The SMILES string of the molecule is CC1CN(C(=O)C2CCCc3ccccc32)CCC1Cl. The second kappa shape index (κ2) is 5.77. The molecule has 1 aromatic carbocycles. The van der Waals surface area contributed by atoms with Gasteiger partial charge in [-0.15, -0.1) is 11.6 Å². The van der Waals surface area contributed by atoms with Crippen LogP contribution in [0.1, 0.15) is 43.2 Å². The number of hydrogen-bond acceptors (Lipinski definition) is 1. The van der Waals surface area contributed by atoms with Gasteiger partial charge in [-0.2, -0.15) is 0 Å². The number of aryl methyl sites for hydroxylation is 1. The monoisotopic (exact) mass is 291 g/mol. The fourth-order valence-electron chi connectivity index (χ4n) is 3.55. The van der Waals surface area contributed by atoms with Crippen molar-refractivity contribution in [2.45, 2.75) is 43.9 Å². The van der Waals surface area contributed by atoms with Crippen molar-refractivity contribution in [3.8, 4) is 0 Å². The predicted octanol–water partition coefficient (Wildman–Crippen LogP) is 3.58. The normalized spacial score (nSPS) is 29.9. The minimum Gasteiger partial charge on any atom is -0.342 e. The molecule has 1 saturated heterocycles. The number of nitrogens with zero attached hydrogens (tertiary/aromatic N) is 1. The van der Waals surface area contributed by atoms with Crippen LogP contribution in [0.3, 0.4) is 0 Å². The van der Waals surface area contributed by atoms with E-state index in [0.717, 1.165) is 38.8 Å². The molecule has 2 aliphatic rings. The number of rotatable bonds is 1. The van der Waals surface area contributed by atoms with Crippen molar-refractivity contribution in [3.05, 3.63) is 35.4 Å². The van der Waals surface area contributed by atoms with Crippen LogP contribution in [0.25, 0.3) is 0 Å². The molecule has 0 N–H and O–H groups in total. The molecule has 0 saturated carbocycles. The highest BCUT2D eigenvalue weighted by atomic mass is 35.5. The maximum absolute atomic E-state index is 12.9. The lowest BCUT2D eigenvalue weighted by molar-refractivity contribution is -0.134. The van der Waals surface area contributed by atoms with Crippen molar-refractivity contribution in [1.29, 1.82) is 0 Å². The van der Waals surface area contributed by atoms with E-state index in [1.54, 1.807) is 0 Å². The lowest BCUT2D eigenvalue weighted by Gasteiger charge is -2.37. The van der Waals surface area contributed by atoms with E-state index in [1.807, 2.05) is 4.90 Å². The third-order valence-corrected chi connectivity index (χ3v) is 5.43. The lowest BCUT2D eigenvalue weighted by atomic mass is 9.81. The molecule has 1 heterocycles. The van der Waals surface area contributed by atoms with Crippen molar-refractivity contribution in [2.75, 3.05) is 13.1 Å². The van der Waals surface area contributed by atoms with E-state index in [2.05, 4.69) is 31.2 Å². The molecular formula is C17H22ClNO. The van der Waals surface area contributed by atoms with Crippen LogP contribution in [-0.4, -0.2) is 29.3 Å². The summed E-state index contributed by atoms with van der Waals surface area (Å²) in [6.07, 6.45) is 4.14. The first-order valence-corrected chi connectivity index (χ1v) is 8.11. The number of carbonyl (C=O) groups is 1. The first kappa shape index (κ1) is 13.9. The quantitative estimate of drug-likeness (QED) is 0.724. The summed E-state index contributed by atoms with van der Waals surface area (Å²) in [6, 6.07) is 8.43. The zero-order valence-corrected chi connectivity index (χ0v) is 12.8. The van der Waals surface area contributed by atoms with Gasteiger partial charge in [-0.05, 0) is 42.7 Å². The van der Waals surface area contributed by atoms with E-state index in [9.17, 15) is 4.79 Å². The van der Waals surface area contributed by atoms with Crippen LogP contribution in [-0.2, 0) is 11.2 Å². The molecule has 3 atom stereocenters. The fraction of sp³-hybridized carbons (Fsp3) is 0.588. The Balaban J connectivity index is 1.78. The fourth-order valence-corrected chi connectivity index (χ4v) is 3.73. The number of benzene rings is 1. The van der Waals surface area contributed by atoms with Gasteiger partial charge in [0.2, 0.25) is 5.91 Å². The van der Waals surface area contributed by atoms with Crippen LogP contribution in [0.2, 0.25) is 0 Å². The highest BCUT2D eigenvalue weighted by molar-refractivity contribution is 6.20. The second-order valence-electron chi connectivity index (χ2n) is 6.21. The molecule has 108 valence electrons. The van der Waals surface area contributed by atoms with Gasteiger partial charge in [0.05, 0.1) is 5.92 Å². The summed E-state index contributed by atoms with van der Waals surface area (Å²) in [5.41, 5.74) is 2.61. The molecule has 0 aromatic heterocycles. The maximum Gasteiger partial charge on any atom is 0.230 e. The third kappa shape index (κ3) is 2.58. The molecule has 1 aromatic rings. The second-order valence-corrected chi connectivity index (χ2v) is 6.77. The van der Waals surface area contributed by atoms with Crippen molar-refractivity contribution >= 4 is 17.5 Å². The van der Waals surface area contributed by atoms with Gasteiger partial charge < -0.3 is 4.90 Å². The number of piperidine rings is 1. The van der Waals surface area contributed by atoms with Gasteiger partial charge in [0, 0.05) is 18.5 Å². The molecule has 3 unspecified atom stereocenters. The summed E-state index contributed by atoms with van der Waals surface area (Å²) in [5, 5.41) is 0.220. The first-order chi connectivity index (χ1) is 9.66. The van der Waals surface area contributed by atoms with Crippen LogP contribution in [0.5, 0.6) is 0 Å². The molecule has 1 aliphatic heterocycles. The molecule has 0 spiro atoms. The van der Waals surface area contributed by atoms with Crippen LogP contribution >= 0.6 is 11.6 Å². The number of likely N-dealkylation sites (tertiary alicyclic amines) is 1. The highest BCUT2D eigenvalue weighted by Crippen LogP contribution is 2.34. The number of fused-ring (bicyclic) bond motifs is 1. The molecule has 1 aliphatic carbocycles. The largest absolute Gasteiger partial charge is 0.342 e. The van der Waals surface area contributed by atoms with Gasteiger partial charge in [0.25, 0.3) is 0 Å². The van der Waals surface area contributed by atoms with Gasteiger partial charge in [0.15, 0.2) is 0 Å². The Morgan fingerprint density at radius 2 is 2.10 bits per heavy atom. The highest BCUT2D eigenvalue weighted by Gasteiger charge is 2.33. The standard InChI is InChI=1S/C17H22ClNO/c1-12-11-19(10-9-16(12)18)17(20)15-8-4-6-13-5-2-3-7-14(13)15/h2-3,5,7,12,15-16H,4,6,8-11H2,1H3. The number of halogens is 1. The van der Waals surface area contributed by atoms with Crippen LogP contribution < -0.4 is 0 Å². The number of alkyl halides is 1. The Bertz CT molecular complexity index is 502. The van der Waals surface area contributed by atoms with Gasteiger partial charge in [-0.3, -0.25) is 4.79 Å². The average molecular weight is 292 g/mol. The van der Waals surface area contributed by atoms with E-state index in [4.69, 9.17) is 11.6 Å². The molecule has 1 amide bonds. The Kier molecular flexibility index (Phi) is 4.02. The zero-order valence-electron chi connectivity index (χ0n) is 12.0. The predicted molar refractivity (Wildman–Crippen MR) is 82.1 cm³/mol. The van der Waals surface area contributed by atoms with E-state index in [1.165, 1.54) is 11.1 Å². The summed E-state index contributed by atoms with van der Waals surface area (Å²) in [4.78, 5) is 14.9. The smallest absolute Gasteiger partial charge is 0.230 e. The molecular weight excluding hydrogens is 270 g/mol. The molecule has 0 bridgehead atoms. The minimum atomic E-state index is 0.0685. The van der Waals surface area contributed by atoms with Crippen LogP contribution in [0.4, 0.5) is 0 Å². The number of hydrogen-bond donors (Lipinski definition) is 0. The summed E-state index contributed by atoms with van der Waals surface area (Å²) in [7, 11) is 0. The van der Waals surface area contributed by atoms with Crippen LogP contribution in [0.15, 0.2) is 24.3 Å². The van der Waals surface area contributed by atoms with Crippen molar-refractivity contribution in [3.63, 3.8) is 0 Å². The molecule has 3 heteroatoms. The minimum absolute atomic E-state index is 0.0685. The van der Waals surface area contributed by atoms with Crippen LogP contribution in [0, 0.1) is 5.92 Å². The van der Waals surface area contributed by atoms with Gasteiger partial charge in [0.1, 0.15) is 0 Å². The first-order valence-electron chi connectivity index (χ1n) is 7.67. The summed E-state index contributed by atoms with van der Waals surface area (Å²) < 4.78 is 0. The van der Waals surface area contributed by atoms with Crippen molar-refractivity contribution in [1.82, 2.24) is 4.90 Å². The van der Waals surface area contributed by atoms with Crippen molar-refractivity contribution < 1.29 is 4.79 Å². The zero-order chi connectivity index (χ0) is 14.1. The topological polar surface area (TPSA) is 20.3 Å².